The number of anilines is 3. The van der Waals surface area contributed by atoms with E-state index in [1.165, 1.54) is 0 Å². The standard InChI is InChI=1S/C19H13ClN6O2S2/c20-15-9-13(5-6-14(15)17-7-8-21-28-17)24-19(29)23-12-3-1-11(2-4-12)22-18(27)16-10-30-26-25-16/h1-10H,(H,22,27)(H2,23,24,29). The first-order chi connectivity index (χ1) is 14.6. The third-order valence-electron chi connectivity index (χ3n) is 3.92. The van der Waals surface area contributed by atoms with Crippen molar-refractivity contribution in [2.45, 2.75) is 0 Å². The molecule has 0 spiro atoms. The number of carbonyl (C=O) groups is 1. The third kappa shape index (κ3) is 4.79. The zero-order chi connectivity index (χ0) is 20.9. The lowest BCUT2D eigenvalue weighted by Gasteiger charge is -2.12. The van der Waals surface area contributed by atoms with Crippen LogP contribution in [0.4, 0.5) is 17.1 Å². The van der Waals surface area contributed by atoms with Crippen LogP contribution in [0.15, 0.2) is 64.6 Å². The van der Waals surface area contributed by atoms with Crippen molar-refractivity contribution in [3.05, 3.63) is 70.8 Å². The number of nitrogens with zero attached hydrogens (tertiary/aromatic N) is 3. The average molecular weight is 457 g/mol. The van der Waals surface area contributed by atoms with Crippen LogP contribution in [0.3, 0.4) is 0 Å². The second-order valence-corrected chi connectivity index (χ2v) is 7.40. The Balaban J connectivity index is 1.35. The highest BCUT2D eigenvalue weighted by Crippen LogP contribution is 2.30. The van der Waals surface area contributed by atoms with Gasteiger partial charge < -0.3 is 20.5 Å². The second kappa shape index (κ2) is 8.99. The summed E-state index contributed by atoms with van der Waals surface area (Å²) in [5.41, 5.74) is 3.13. The van der Waals surface area contributed by atoms with Crippen LogP contribution in [0.5, 0.6) is 0 Å². The summed E-state index contributed by atoms with van der Waals surface area (Å²) in [5, 5.41) is 18.8. The van der Waals surface area contributed by atoms with Gasteiger partial charge in [0.15, 0.2) is 16.6 Å². The van der Waals surface area contributed by atoms with Crippen molar-refractivity contribution in [1.29, 1.82) is 0 Å². The zero-order valence-corrected chi connectivity index (χ0v) is 17.5. The number of thiocarbonyl (C=S) groups is 1. The summed E-state index contributed by atoms with van der Waals surface area (Å²) >= 11 is 12.8. The summed E-state index contributed by atoms with van der Waals surface area (Å²) in [6.45, 7) is 0. The van der Waals surface area contributed by atoms with E-state index in [0.717, 1.165) is 28.5 Å². The molecule has 0 saturated heterocycles. The Bertz CT molecular complexity index is 1160. The Morgan fingerprint density at radius 2 is 1.70 bits per heavy atom. The van der Waals surface area contributed by atoms with Gasteiger partial charge in [0.05, 0.1) is 11.2 Å². The van der Waals surface area contributed by atoms with Crippen LogP contribution in [0.1, 0.15) is 10.5 Å². The minimum absolute atomic E-state index is 0.278. The third-order valence-corrected chi connectivity index (χ3v) is 4.94. The smallest absolute Gasteiger partial charge is 0.277 e. The monoisotopic (exact) mass is 456 g/mol. The van der Waals surface area contributed by atoms with Crippen molar-refractivity contribution in [2.75, 3.05) is 16.0 Å². The number of hydrogen-bond donors (Lipinski definition) is 3. The molecule has 0 saturated carbocycles. The minimum Gasteiger partial charge on any atom is -0.356 e. The Morgan fingerprint density at radius 1 is 1.00 bits per heavy atom. The fourth-order valence-corrected chi connectivity index (χ4v) is 3.48. The number of aromatic nitrogens is 3. The first-order valence-electron chi connectivity index (χ1n) is 8.55. The summed E-state index contributed by atoms with van der Waals surface area (Å²) in [6, 6.07) is 14.2. The maximum Gasteiger partial charge on any atom is 0.277 e. The van der Waals surface area contributed by atoms with E-state index in [1.807, 2.05) is 12.1 Å². The molecular formula is C19H13ClN6O2S2. The molecule has 2 heterocycles. The maximum absolute atomic E-state index is 12.0. The topological polar surface area (TPSA) is 105 Å². The highest BCUT2D eigenvalue weighted by molar-refractivity contribution is 7.80. The number of amides is 1. The lowest BCUT2D eigenvalue weighted by molar-refractivity contribution is 0.102. The van der Waals surface area contributed by atoms with Crippen LogP contribution in [-0.4, -0.2) is 25.8 Å². The van der Waals surface area contributed by atoms with E-state index >= 15 is 0 Å². The van der Waals surface area contributed by atoms with Crippen molar-refractivity contribution < 1.29 is 9.32 Å². The molecule has 3 N–H and O–H groups in total. The molecule has 30 heavy (non-hydrogen) atoms. The molecule has 0 radical (unpaired) electrons. The first kappa shape index (κ1) is 20.0. The van der Waals surface area contributed by atoms with Crippen LogP contribution in [0.2, 0.25) is 5.02 Å². The van der Waals surface area contributed by atoms with Crippen molar-refractivity contribution in [1.82, 2.24) is 14.7 Å². The predicted octanol–water partition coefficient (Wildman–Crippen LogP) is 4.91. The number of rotatable bonds is 5. The highest BCUT2D eigenvalue weighted by Gasteiger charge is 2.10. The molecular weight excluding hydrogens is 444 g/mol. The Kier molecular flexibility index (Phi) is 5.98. The molecule has 150 valence electrons. The number of carbonyl (C=O) groups excluding carboxylic acids is 1. The lowest BCUT2D eigenvalue weighted by Crippen LogP contribution is -2.19. The van der Waals surface area contributed by atoms with Crippen LogP contribution in [0.25, 0.3) is 11.3 Å². The molecule has 0 atom stereocenters. The molecule has 8 nitrogen and oxygen atoms in total. The van der Waals surface area contributed by atoms with Gasteiger partial charge in [-0.05, 0) is 66.2 Å². The lowest BCUT2D eigenvalue weighted by atomic mass is 10.1. The molecule has 11 heteroatoms. The molecule has 0 aliphatic carbocycles. The molecule has 2 aromatic carbocycles. The number of benzene rings is 2. The normalized spacial score (nSPS) is 10.4. The number of hydrogen-bond acceptors (Lipinski definition) is 7. The van der Waals surface area contributed by atoms with Crippen LogP contribution >= 0.6 is 35.4 Å². The van der Waals surface area contributed by atoms with Crippen molar-refractivity contribution in [3.63, 3.8) is 0 Å². The molecule has 0 fully saturated rings. The van der Waals surface area contributed by atoms with Crippen molar-refractivity contribution in [2.24, 2.45) is 0 Å². The Hall–Kier alpha value is -3.34. The highest BCUT2D eigenvalue weighted by atomic mass is 35.5. The van der Waals surface area contributed by atoms with Crippen LogP contribution < -0.4 is 16.0 Å². The number of halogens is 1. The van der Waals surface area contributed by atoms with Crippen molar-refractivity contribution >= 4 is 63.4 Å². The quantitative estimate of drug-likeness (QED) is 0.364. The largest absolute Gasteiger partial charge is 0.356 e. The van der Waals surface area contributed by atoms with Gasteiger partial charge in [-0.2, -0.15) is 0 Å². The van der Waals surface area contributed by atoms with E-state index in [4.69, 9.17) is 28.3 Å². The summed E-state index contributed by atoms with van der Waals surface area (Å²) in [7, 11) is 0. The van der Waals surface area contributed by atoms with Gasteiger partial charge in [0.1, 0.15) is 0 Å². The summed E-state index contributed by atoms with van der Waals surface area (Å²) in [6.07, 6.45) is 1.56. The van der Waals surface area contributed by atoms with E-state index in [-0.39, 0.29) is 11.6 Å². The minimum atomic E-state index is -0.313. The molecule has 2 aromatic heterocycles. The van der Waals surface area contributed by atoms with Gasteiger partial charge in [-0.25, -0.2) is 0 Å². The summed E-state index contributed by atoms with van der Waals surface area (Å²) < 4.78 is 8.80. The molecule has 1 amide bonds. The second-order valence-electron chi connectivity index (χ2n) is 5.97. The fraction of sp³-hybridized carbons (Fsp3) is 0. The van der Waals surface area contributed by atoms with Gasteiger partial charge in [-0.15, -0.1) is 5.10 Å². The van der Waals surface area contributed by atoms with Crippen LogP contribution in [0, 0.1) is 0 Å². The van der Waals surface area contributed by atoms with Gasteiger partial charge >= 0.3 is 0 Å². The molecule has 4 rings (SSSR count). The summed E-state index contributed by atoms with van der Waals surface area (Å²) in [5.74, 6) is 0.276. The average Bonchev–Trinajstić information content (AvgIpc) is 3.44. The Morgan fingerprint density at radius 3 is 2.33 bits per heavy atom. The van der Waals surface area contributed by atoms with Gasteiger partial charge in [-0.1, -0.05) is 21.2 Å². The summed E-state index contributed by atoms with van der Waals surface area (Å²) in [4.78, 5) is 12.0. The predicted molar refractivity (Wildman–Crippen MR) is 121 cm³/mol. The van der Waals surface area contributed by atoms with Crippen molar-refractivity contribution in [3.8, 4) is 11.3 Å². The van der Waals surface area contributed by atoms with E-state index < -0.39 is 0 Å². The Labute approximate surface area is 185 Å². The molecule has 0 unspecified atom stereocenters. The molecule has 0 bridgehead atoms. The van der Waals surface area contributed by atoms with E-state index in [1.54, 1.807) is 48.0 Å². The zero-order valence-electron chi connectivity index (χ0n) is 15.1. The van der Waals surface area contributed by atoms with Gasteiger partial charge in [-0.3, -0.25) is 4.79 Å². The maximum atomic E-state index is 12.0. The molecule has 0 aliphatic rings. The number of nitrogens with one attached hydrogen (secondary N) is 3. The van der Waals surface area contributed by atoms with Crippen LogP contribution in [-0.2, 0) is 0 Å². The van der Waals surface area contributed by atoms with Gasteiger partial charge in [0.25, 0.3) is 5.91 Å². The first-order valence-corrected chi connectivity index (χ1v) is 10.2. The molecule has 4 aromatic rings. The fourth-order valence-electron chi connectivity index (χ4n) is 2.54. The van der Waals surface area contributed by atoms with E-state index in [9.17, 15) is 4.79 Å². The van der Waals surface area contributed by atoms with Gasteiger partial charge in [0.2, 0.25) is 0 Å². The van der Waals surface area contributed by atoms with Gasteiger partial charge in [0, 0.05) is 34.1 Å². The van der Waals surface area contributed by atoms with E-state index in [0.29, 0.717) is 21.6 Å². The van der Waals surface area contributed by atoms with E-state index in [2.05, 4.69) is 30.7 Å². The SMILES string of the molecule is O=C(Nc1ccc(NC(=S)Nc2ccc(-c3ccno3)c(Cl)c2)cc1)c1csnn1. The molecule has 0 aliphatic heterocycles.